The third kappa shape index (κ3) is 4.09. The molecule has 8 heavy (non-hydrogen) atoms. The highest BCUT2D eigenvalue weighted by Gasteiger charge is 1.96. The molecule has 0 aliphatic carbocycles. The Morgan fingerprint density at radius 2 is 2.25 bits per heavy atom. The first-order valence-electron chi connectivity index (χ1n) is 3.03. The van der Waals surface area contributed by atoms with E-state index >= 15 is 0 Å². The second-order valence-corrected chi connectivity index (χ2v) is 1.78. The lowest BCUT2D eigenvalue weighted by Crippen LogP contribution is -2.09. The molecule has 0 saturated heterocycles. The number of aliphatic hydroxyl groups is 1. The number of ether oxygens (including phenoxy) is 1. The first-order valence-corrected chi connectivity index (χ1v) is 3.03. The average Bonchev–Trinajstić information content (AvgIpc) is 1.68. The van der Waals surface area contributed by atoms with Gasteiger partial charge in [-0.25, -0.2) is 0 Å². The molecular formula is C6H14O2. The molecule has 0 amide bonds. The van der Waals surface area contributed by atoms with Crippen LogP contribution >= 0.6 is 0 Å². The van der Waals surface area contributed by atoms with Gasteiger partial charge in [-0.05, 0) is 20.3 Å². The summed E-state index contributed by atoms with van der Waals surface area (Å²) in [6.07, 6.45) is 0.957. The van der Waals surface area contributed by atoms with Gasteiger partial charge in [0.25, 0.3) is 0 Å². The van der Waals surface area contributed by atoms with Crippen molar-refractivity contribution in [3.05, 3.63) is 0 Å². The van der Waals surface area contributed by atoms with Crippen LogP contribution in [0.2, 0.25) is 0 Å². The van der Waals surface area contributed by atoms with Gasteiger partial charge in [-0.3, -0.25) is 0 Å². The second kappa shape index (κ2) is 5.06. The summed E-state index contributed by atoms with van der Waals surface area (Å²) in [6.45, 7) is 4.87. The summed E-state index contributed by atoms with van der Waals surface area (Å²) in [5, 5.41) is 8.38. The molecule has 0 fully saturated rings. The number of rotatable bonds is 4. The van der Waals surface area contributed by atoms with Crippen molar-refractivity contribution in [2.75, 3.05) is 13.2 Å². The summed E-state index contributed by atoms with van der Waals surface area (Å²) in [4.78, 5) is 0. The monoisotopic (exact) mass is 118 g/mol. The lowest BCUT2D eigenvalue weighted by atomic mass is 10.3. The fraction of sp³-hybridized carbons (Fsp3) is 1.00. The second-order valence-electron chi connectivity index (χ2n) is 1.78. The predicted octanol–water partition coefficient (Wildman–Crippen LogP) is 0.794. The van der Waals surface area contributed by atoms with Crippen LogP contribution in [0.4, 0.5) is 0 Å². The fourth-order valence-corrected chi connectivity index (χ4v) is 0.550. The van der Waals surface area contributed by atoms with Gasteiger partial charge in [-0.15, -0.1) is 0 Å². The zero-order valence-corrected chi connectivity index (χ0v) is 5.55. The highest BCUT2D eigenvalue weighted by Crippen LogP contribution is 1.93. The molecule has 2 nitrogen and oxygen atoms in total. The number of hydrogen-bond acceptors (Lipinski definition) is 2. The standard InChI is InChI=1S/C6H14O2/c1-3-8-6(2)4-5-7/h6-7H,3-5H2,1-2H3/t6-/m0/s1. The maximum atomic E-state index is 8.38. The van der Waals surface area contributed by atoms with Crippen LogP contribution in [0.5, 0.6) is 0 Å². The van der Waals surface area contributed by atoms with E-state index in [4.69, 9.17) is 9.84 Å². The quantitative estimate of drug-likeness (QED) is 0.591. The van der Waals surface area contributed by atoms with Crippen molar-refractivity contribution in [2.45, 2.75) is 26.4 Å². The zero-order chi connectivity index (χ0) is 6.41. The molecular weight excluding hydrogens is 104 g/mol. The summed E-state index contributed by atoms with van der Waals surface area (Å²) < 4.78 is 5.12. The maximum absolute atomic E-state index is 8.38. The highest BCUT2D eigenvalue weighted by atomic mass is 16.5. The SMILES string of the molecule is CCO[C@@H](C)CCO. The molecule has 0 aromatic carbocycles. The summed E-state index contributed by atoms with van der Waals surface area (Å²) in [6, 6.07) is 0. The molecule has 0 unspecified atom stereocenters. The van der Waals surface area contributed by atoms with E-state index in [2.05, 4.69) is 0 Å². The van der Waals surface area contributed by atoms with Gasteiger partial charge >= 0.3 is 0 Å². The zero-order valence-electron chi connectivity index (χ0n) is 5.55. The van der Waals surface area contributed by atoms with E-state index in [9.17, 15) is 0 Å². The van der Waals surface area contributed by atoms with Crippen LogP contribution in [0.25, 0.3) is 0 Å². The van der Waals surface area contributed by atoms with Gasteiger partial charge in [0.05, 0.1) is 6.10 Å². The Hall–Kier alpha value is -0.0800. The van der Waals surface area contributed by atoms with Crippen LogP contribution in [-0.4, -0.2) is 24.4 Å². The van der Waals surface area contributed by atoms with Crippen molar-refractivity contribution in [1.82, 2.24) is 0 Å². The van der Waals surface area contributed by atoms with Crippen LogP contribution in [0.15, 0.2) is 0 Å². The lowest BCUT2D eigenvalue weighted by molar-refractivity contribution is 0.0569. The first kappa shape index (κ1) is 7.92. The Morgan fingerprint density at radius 3 is 2.62 bits per heavy atom. The summed E-state index contributed by atoms with van der Waals surface area (Å²) in [7, 11) is 0. The smallest absolute Gasteiger partial charge is 0.0568 e. The first-order chi connectivity index (χ1) is 3.81. The molecule has 0 aromatic rings. The molecule has 0 aromatic heterocycles. The maximum Gasteiger partial charge on any atom is 0.0568 e. The topological polar surface area (TPSA) is 29.5 Å². The van der Waals surface area contributed by atoms with Crippen molar-refractivity contribution in [3.63, 3.8) is 0 Å². The van der Waals surface area contributed by atoms with Gasteiger partial charge < -0.3 is 9.84 Å². The van der Waals surface area contributed by atoms with Gasteiger partial charge in [0.1, 0.15) is 0 Å². The molecule has 1 N–H and O–H groups in total. The summed E-state index contributed by atoms with van der Waals surface area (Å²) >= 11 is 0. The Kier molecular flexibility index (Phi) is 5.01. The molecule has 0 saturated carbocycles. The minimum Gasteiger partial charge on any atom is -0.396 e. The molecule has 0 bridgehead atoms. The average molecular weight is 118 g/mol. The van der Waals surface area contributed by atoms with E-state index in [1.165, 1.54) is 0 Å². The van der Waals surface area contributed by atoms with E-state index < -0.39 is 0 Å². The van der Waals surface area contributed by atoms with Crippen LogP contribution in [0, 0.1) is 0 Å². The van der Waals surface area contributed by atoms with Gasteiger partial charge in [0.2, 0.25) is 0 Å². The van der Waals surface area contributed by atoms with E-state index in [0.717, 1.165) is 13.0 Å². The Labute approximate surface area is 50.5 Å². The predicted molar refractivity (Wildman–Crippen MR) is 32.8 cm³/mol. The molecule has 0 heterocycles. The van der Waals surface area contributed by atoms with Crippen molar-refractivity contribution in [3.8, 4) is 0 Å². The molecule has 0 aliphatic rings. The minimum absolute atomic E-state index is 0.213. The molecule has 1 atom stereocenters. The summed E-state index contributed by atoms with van der Waals surface area (Å²) in [5.41, 5.74) is 0. The Bertz CT molecular complexity index is 39.8. The molecule has 0 aliphatic heterocycles. The van der Waals surface area contributed by atoms with E-state index in [1.807, 2.05) is 13.8 Å². The molecule has 0 rings (SSSR count). The normalized spacial score (nSPS) is 13.9. The van der Waals surface area contributed by atoms with Crippen molar-refractivity contribution < 1.29 is 9.84 Å². The van der Waals surface area contributed by atoms with Crippen LogP contribution < -0.4 is 0 Å². The molecule has 0 spiro atoms. The number of aliphatic hydroxyl groups excluding tert-OH is 1. The van der Waals surface area contributed by atoms with Gasteiger partial charge in [0.15, 0.2) is 0 Å². The third-order valence-corrected chi connectivity index (χ3v) is 0.987. The fourth-order valence-electron chi connectivity index (χ4n) is 0.550. The molecule has 50 valence electrons. The summed E-state index contributed by atoms with van der Waals surface area (Å²) in [5.74, 6) is 0. The highest BCUT2D eigenvalue weighted by molar-refractivity contribution is 4.45. The van der Waals surface area contributed by atoms with Gasteiger partial charge in [-0.2, -0.15) is 0 Å². The van der Waals surface area contributed by atoms with Gasteiger partial charge in [-0.1, -0.05) is 0 Å². The Balaban J connectivity index is 2.92. The van der Waals surface area contributed by atoms with Crippen LogP contribution in [-0.2, 0) is 4.74 Å². The third-order valence-electron chi connectivity index (χ3n) is 0.987. The molecule has 0 radical (unpaired) electrons. The van der Waals surface area contributed by atoms with E-state index in [0.29, 0.717) is 0 Å². The lowest BCUT2D eigenvalue weighted by Gasteiger charge is -2.07. The van der Waals surface area contributed by atoms with Gasteiger partial charge in [0, 0.05) is 13.2 Å². The van der Waals surface area contributed by atoms with Crippen molar-refractivity contribution in [2.24, 2.45) is 0 Å². The Morgan fingerprint density at radius 1 is 1.62 bits per heavy atom. The minimum atomic E-state index is 0.213. The van der Waals surface area contributed by atoms with Crippen LogP contribution in [0.3, 0.4) is 0 Å². The van der Waals surface area contributed by atoms with E-state index in [1.54, 1.807) is 0 Å². The van der Waals surface area contributed by atoms with Crippen molar-refractivity contribution >= 4 is 0 Å². The van der Waals surface area contributed by atoms with Crippen molar-refractivity contribution in [1.29, 1.82) is 0 Å². The van der Waals surface area contributed by atoms with E-state index in [-0.39, 0.29) is 12.7 Å². The number of hydrogen-bond donors (Lipinski definition) is 1. The molecule has 2 heteroatoms. The van der Waals surface area contributed by atoms with Crippen LogP contribution in [0.1, 0.15) is 20.3 Å². The largest absolute Gasteiger partial charge is 0.396 e.